The zero-order valence-electron chi connectivity index (χ0n) is 10.5. The minimum absolute atomic E-state index is 0.554. The van der Waals surface area contributed by atoms with Gasteiger partial charge in [-0.3, -0.25) is 0 Å². The van der Waals surface area contributed by atoms with Gasteiger partial charge in [-0.25, -0.2) is 4.79 Å². The summed E-state index contributed by atoms with van der Waals surface area (Å²) in [6.45, 7) is 0. The largest absolute Gasteiger partial charge is 0.497 e. The minimum Gasteiger partial charge on any atom is -0.497 e. The highest BCUT2D eigenvalue weighted by molar-refractivity contribution is 5.78. The summed E-state index contributed by atoms with van der Waals surface area (Å²) in [5, 5.41) is 9.42. The number of benzene rings is 1. The Balaban J connectivity index is 2.20. The third-order valence-corrected chi connectivity index (χ3v) is 3.41. The Morgan fingerprint density at radius 2 is 1.89 bits per heavy atom. The molecule has 4 heteroatoms. The van der Waals surface area contributed by atoms with Crippen LogP contribution in [-0.4, -0.2) is 23.8 Å². The molecule has 18 heavy (non-hydrogen) atoms. The molecule has 0 spiro atoms. The van der Waals surface area contributed by atoms with Crippen LogP contribution in [0.3, 0.4) is 0 Å². The second-order valence-corrected chi connectivity index (χ2v) is 4.64. The number of aliphatic carboxylic acids is 1. The van der Waals surface area contributed by atoms with Gasteiger partial charge in [0.15, 0.2) is 0 Å². The second-order valence-electron chi connectivity index (χ2n) is 4.64. The maximum atomic E-state index is 11.5. The monoisotopic (exact) mass is 250 g/mol. The minimum atomic E-state index is -1.06. The van der Waals surface area contributed by atoms with Crippen molar-refractivity contribution >= 4 is 5.97 Å². The van der Waals surface area contributed by atoms with Gasteiger partial charge in [0.25, 0.3) is 0 Å². The first-order valence-electron chi connectivity index (χ1n) is 6.23. The first-order chi connectivity index (χ1) is 8.66. The Morgan fingerprint density at radius 3 is 2.50 bits per heavy atom. The highest BCUT2D eigenvalue weighted by atomic mass is 16.5. The van der Waals surface area contributed by atoms with Crippen molar-refractivity contribution in [3.63, 3.8) is 0 Å². The molecule has 0 radical (unpaired) electrons. The molecule has 0 aromatic heterocycles. The van der Waals surface area contributed by atoms with Gasteiger partial charge in [0.2, 0.25) is 5.60 Å². The molecular formula is C14H18O4. The molecule has 0 unspecified atom stereocenters. The molecule has 1 N–H and O–H groups in total. The number of hydrogen-bond acceptors (Lipinski definition) is 3. The standard InChI is InChI=1S/C14H18O4/c1-17-11-6-5-7-12(10-11)18-14(13(15)16)8-3-2-4-9-14/h5-7,10H,2-4,8-9H2,1H3,(H,15,16). The van der Waals surface area contributed by atoms with Crippen LogP contribution in [0.5, 0.6) is 11.5 Å². The summed E-state index contributed by atoms with van der Waals surface area (Å²) in [7, 11) is 1.58. The first-order valence-corrected chi connectivity index (χ1v) is 6.23. The number of ether oxygens (including phenoxy) is 2. The summed E-state index contributed by atoms with van der Waals surface area (Å²) in [4.78, 5) is 11.5. The number of carboxylic acids is 1. The smallest absolute Gasteiger partial charge is 0.348 e. The van der Waals surface area contributed by atoms with E-state index in [9.17, 15) is 9.90 Å². The lowest BCUT2D eigenvalue weighted by Crippen LogP contribution is -2.46. The van der Waals surface area contributed by atoms with Crippen LogP contribution in [0.25, 0.3) is 0 Å². The van der Waals surface area contributed by atoms with Gasteiger partial charge in [-0.1, -0.05) is 12.5 Å². The van der Waals surface area contributed by atoms with E-state index in [4.69, 9.17) is 9.47 Å². The van der Waals surface area contributed by atoms with Crippen LogP contribution in [0.1, 0.15) is 32.1 Å². The average molecular weight is 250 g/mol. The zero-order valence-corrected chi connectivity index (χ0v) is 10.5. The molecule has 1 saturated carbocycles. The fourth-order valence-corrected chi connectivity index (χ4v) is 2.37. The first kappa shape index (κ1) is 12.7. The van der Waals surface area contributed by atoms with Gasteiger partial charge >= 0.3 is 5.97 Å². The van der Waals surface area contributed by atoms with Crippen molar-refractivity contribution in [3.8, 4) is 11.5 Å². The molecule has 1 aliphatic rings. The van der Waals surface area contributed by atoms with Crippen molar-refractivity contribution in [2.24, 2.45) is 0 Å². The Bertz CT molecular complexity index is 422. The van der Waals surface area contributed by atoms with Gasteiger partial charge in [0.1, 0.15) is 11.5 Å². The van der Waals surface area contributed by atoms with Crippen LogP contribution >= 0.6 is 0 Å². The highest BCUT2D eigenvalue weighted by Gasteiger charge is 2.42. The van der Waals surface area contributed by atoms with E-state index in [0.29, 0.717) is 24.3 Å². The molecule has 0 amide bonds. The van der Waals surface area contributed by atoms with E-state index < -0.39 is 11.6 Å². The van der Waals surface area contributed by atoms with Crippen molar-refractivity contribution in [2.45, 2.75) is 37.7 Å². The highest BCUT2D eigenvalue weighted by Crippen LogP contribution is 2.34. The summed E-state index contributed by atoms with van der Waals surface area (Å²) in [6.07, 6.45) is 4.02. The Morgan fingerprint density at radius 1 is 1.22 bits per heavy atom. The Hall–Kier alpha value is -1.71. The van der Waals surface area contributed by atoms with Gasteiger partial charge in [0, 0.05) is 6.07 Å². The van der Waals surface area contributed by atoms with Gasteiger partial charge in [-0.2, -0.15) is 0 Å². The van der Waals surface area contributed by atoms with Crippen LogP contribution in [-0.2, 0) is 4.79 Å². The molecule has 1 fully saturated rings. The third-order valence-electron chi connectivity index (χ3n) is 3.41. The quantitative estimate of drug-likeness (QED) is 0.892. The van der Waals surface area contributed by atoms with Crippen LogP contribution in [0.2, 0.25) is 0 Å². The molecule has 0 heterocycles. The number of methoxy groups -OCH3 is 1. The topological polar surface area (TPSA) is 55.8 Å². The van der Waals surface area contributed by atoms with Crippen LogP contribution in [0.4, 0.5) is 0 Å². The average Bonchev–Trinajstić information content (AvgIpc) is 2.40. The molecule has 4 nitrogen and oxygen atoms in total. The van der Waals surface area contributed by atoms with Crippen LogP contribution in [0.15, 0.2) is 24.3 Å². The summed E-state index contributed by atoms with van der Waals surface area (Å²) >= 11 is 0. The summed E-state index contributed by atoms with van der Waals surface area (Å²) in [5.41, 5.74) is -1.06. The summed E-state index contributed by atoms with van der Waals surface area (Å²) in [5.74, 6) is 0.354. The maximum absolute atomic E-state index is 11.5. The van der Waals surface area contributed by atoms with Crippen molar-refractivity contribution in [2.75, 3.05) is 7.11 Å². The number of rotatable bonds is 4. The van der Waals surface area contributed by atoms with Gasteiger partial charge in [-0.05, 0) is 37.8 Å². The normalized spacial score (nSPS) is 18.1. The Kier molecular flexibility index (Phi) is 3.75. The molecule has 0 aliphatic heterocycles. The van der Waals surface area contributed by atoms with Crippen LogP contribution < -0.4 is 9.47 Å². The lowest BCUT2D eigenvalue weighted by molar-refractivity contribution is -0.158. The molecule has 2 rings (SSSR count). The predicted molar refractivity (Wildman–Crippen MR) is 67.1 cm³/mol. The predicted octanol–water partition coefficient (Wildman–Crippen LogP) is 2.86. The molecule has 1 aliphatic carbocycles. The SMILES string of the molecule is COc1cccc(OC2(C(=O)O)CCCCC2)c1. The third kappa shape index (κ3) is 2.58. The Labute approximate surface area is 107 Å². The molecule has 0 bridgehead atoms. The lowest BCUT2D eigenvalue weighted by Gasteiger charge is -2.33. The fourth-order valence-electron chi connectivity index (χ4n) is 2.37. The van der Waals surface area contributed by atoms with Gasteiger partial charge < -0.3 is 14.6 Å². The zero-order chi connectivity index (χ0) is 13.0. The van der Waals surface area contributed by atoms with E-state index in [0.717, 1.165) is 19.3 Å². The van der Waals surface area contributed by atoms with Crippen molar-refractivity contribution in [3.05, 3.63) is 24.3 Å². The molecule has 98 valence electrons. The number of hydrogen-bond donors (Lipinski definition) is 1. The van der Waals surface area contributed by atoms with Crippen molar-refractivity contribution in [1.29, 1.82) is 0 Å². The van der Waals surface area contributed by atoms with Gasteiger partial charge in [-0.15, -0.1) is 0 Å². The molecule has 1 aromatic carbocycles. The summed E-state index contributed by atoms with van der Waals surface area (Å²) < 4.78 is 10.9. The van der Waals surface area contributed by atoms with E-state index in [1.807, 2.05) is 0 Å². The van der Waals surface area contributed by atoms with Crippen molar-refractivity contribution < 1.29 is 19.4 Å². The molecule has 1 aromatic rings. The fraction of sp³-hybridized carbons (Fsp3) is 0.500. The second kappa shape index (κ2) is 5.29. The van der Waals surface area contributed by atoms with Gasteiger partial charge in [0.05, 0.1) is 7.11 Å². The van der Waals surface area contributed by atoms with Crippen molar-refractivity contribution in [1.82, 2.24) is 0 Å². The lowest BCUT2D eigenvalue weighted by atomic mass is 9.84. The van der Waals surface area contributed by atoms with Crippen LogP contribution in [0, 0.1) is 0 Å². The van der Waals surface area contributed by atoms with E-state index in [1.165, 1.54) is 0 Å². The van der Waals surface area contributed by atoms with E-state index in [1.54, 1.807) is 31.4 Å². The number of carboxylic acid groups (broad SMARTS) is 1. The number of carbonyl (C=O) groups is 1. The molecule has 0 saturated heterocycles. The van der Waals surface area contributed by atoms with E-state index in [-0.39, 0.29) is 0 Å². The summed E-state index contributed by atoms with van der Waals surface area (Å²) in [6, 6.07) is 7.09. The maximum Gasteiger partial charge on any atom is 0.348 e. The molecular weight excluding hydrogens is 232 g/mol. The van der Waals surface area contributed by atoms with E-state index >= 15 is 0 Å². The van der Waals surface area contributed by atoms with E-state index in [2.05, 4.69) is 0 Å². The molecule has 0 atom stereocenters.